The number of hydrogen-bond donors (Lipinski definition) is 2. The number of carboxylic acids is 1. The van der Waals surface area contributed by atoms with Crippen molar-refractivity contribution in [1.82, 2.24) is 4.98 Å². The molecule has 152 valence electrons. The smallest absolute Gasteiger partial charge is 0.356 e. The van der Waals surface area contributed by atoms with Crippen LogP contribution in [0.4, 0.5) is 5.69 Å². The normalized spacial score (nSPS) is 12.2. The van der Waals surface area contributed by atoms with Crippen molar-refractivity contribution in [3.8, 4) is 0 Å². The van der Waals surface area contributed by atoms with Gasteiger partial charge in [-0.1, -0.05) is 36.4 Å². The Hall–Kier alpha value is -2.51. The Balaban J connectivity index is 2.14. The number of fused-ring (bicyclic) bond motifs is 1. The molecular formula is C21H21ClN2O4S. The summed E-state index contributed by atoms with van der Waals surface area (Å²) in [5.41, 5.74) is 2.89. The molecule has 0 aliphatic carbocycles. The molecular weight excluding hydrogens is 412 g/mol. The van der Waals surface area contributed by atoms with Gasteiger partial charge in [-0.15, -0.1) is 0 Å². The highest BCUT2D eigenvalue weighted by Crippen LogP contribution is 2.32. The Labute approximate surface area is 177 Å². The van der Waals surface area contributed by atoms with Gasteiger partial charge in [0.25, 0.3) is 0 Å². The topological polar surface area (TPSA) is 92.4 Å². The number of benzene rings is 1. The van der Waals surface area contributed by atoms with Crippen LogP contribution in [0.1, 0.15) is 47.1 Å². The SMILES string of the molecule is CCSc1oc2c(C(C)Nc3ccc(Cl)nc3C(=O)O)cc(C)cc2c(=O)c1C. The van der Waals surface area contributed by atoms with Gasteiger partial charge in [0.05, 0.1) is 17.1 Å². The molecule has 3 rings (SSSR count). The Kier molecular flexibility index (Phi) is 6.19. The maximum absolute atomic E-state index is 12.9. The van der Waals surface area contributed by atoms with Crippen LogP contribution in [-0.4, -0.2) is 21.8 Å². The summed E-state index contributed by atoms with van der Waals surface area (Å²) in [6, 6.07) is 6.51. The third kappa shape index (κ3) is 4.26. The van der Waals surface area contributed by atoms with Gasteiger partial charge in [0.15, 0.2) is 16.2 Å². The number of carboxylic acid groups (broad SMARTS) is 1. The molecule has 0 aliphatic rings. The summed E-state index contributed by atoms with van der Waals surface area (Å²) in [7, 11) is 0. The molecule has 0 spiro atoms. The molecule has 0 bridgehead atoms. The molecule has 0 amide bonds. The minimum absolute atomic E-state index is 0.0567. The number of pyridine rings is 1. The van der Waals surface area contributed by atoms with Gasteiger partial charge in [0, 0.05) is 11.1 Å². The van der Waals surface area contributed by atoms with Gasteiger partial charge < -0.3 is 14.8 Å². The van der Waals surface area contributed by atoms with Gasteiger partial charge in [-0.25, -0.2) is 9.78 Å². The molecule has 2 aromatic heterocycles. The number of aryl methyl sites for hydroxylation is 1. The quantitative estimate of drug-likeness (QED) is 0.395. The lowest BCUT2D eigenvalue weighted by atomic mass is 10.0. The van der Waals surface area contributed by atoms with Gasteiger partial charge in [-0.2, -0.15) is 0 Å². The Morgan fingerprint density at radius 1 is 1.34 bits per heavy atom. The zero-order valence-electron chi connectivity index (χ0n) is 16.5. The van der Waals surface area contributed by atoms with Crippen LogP contribution in [0.5, 0.6) is 0 Å². The highest BCUT2D eigenvalue weighted by molar-refractivity contribution is 7.99. The molecule has 3 aromatic rings. The lowest BCUT2D eigenvalue weighted by Crippen LogP contribution is -2.14. The Morgan fingerprint density at radius 3 is 2.72 bits per heavy atom. The lowest BCUT2D eigenvalue weighted by Gasteiger charge is -2.19. The second-order valence-electron chi connectivity index (χ2n) is 6.71. The number of carbonyl (C=O) groups is 1. The average molecular weight is 433 g/mol. The fourth-order valence-corrected chi connectivity index (χ4v) is 4.03. The number of thioether (sulfide) groups is 1. The van der Waals surface area contributed by atoms with E-state index in [4.69, 9.17) is 16.0 Å². The zero-order valence-corrected chi connectivity index (χ0v) is 18.1. The third-order valence-electron chi connectivity index (χ3n) is 4.53. The van der Waals surface area contributed by atoms with Crippen LogP contribution in [0.25, 0.3) is 11.0 Å². The maximum Gasteiger partial charge on any atom is 0.356 e. The van der Waals surface area contributed by atoms with Crippen LogP contribution < -0.4 is 10.7 Å². The van der Waals surface area contributed by atoms with E-state index in [1.54, 1.807) is 13.0 Å². The van der Waals surface area contributed by atoms with E-state index in [1.807, 2.05) is 32.9 Å². The summed E-state index contributed by atoms with van der Waals surface area (Å²) >= 11 is 7.32. The number of nitrogens with zero attached hydrogens (tertiary/aromatic N) is 1. The molecule has 0 saturated heterocycles. The average Bonchev–Trinajstić information content (AvgIpc) is 2.67. The predicted molar refractivity (Wildman–Crippen MR) is 117 cm³/mol. The van der Waals surface area contributed by atoms with Crippen LogP contribution in [0, 0.1) is 13.8 Å². The second kappa shape index (κ2) is 8.47. The van der Waals surface area contributed by atoms with E-state index >= 15 is 0 Å². The highest BCUT2D eigenvalue weighted by Gasteiger charge is 2.20. The number of anilines is 1. The van der Waals surface area contributed by atoms with Crippen molar-refractivity contribution in [1.29, 1.82) is 0 Å². The molecule has 2 heterocycles. The first-order chi connectivity index (χ1) is 13.7. The van der Waals surface area contributed by atoms with Crippen LogP contribution in [-0.2, 0) is 0 Å². The monoisotopic (exact) mass is 432 g/mol. The Morgan fingerprint density at radius 2 is 2.07 bits per heavy atom. The first-order valence-electron chi connectivity index (χ1n) is 9.10. The molecule has 1 atom stereocenters. The van der Waals surface area contributed by atoms with Gasteiger partial charge in [-0.05, 0) is 50.3 Å². The molecule has 29 heavy (non-hydrogen) atoms. The zero-order chi connectivity index (χ0) is 21.3. The summed E-state index contributed by atoms with van der Waals surface area (Å²) in [6.07, 6.45) is 0. The maximum atomic E-state index is 12.9. The number of aromatic carboxylic acids is 1. The summed E-state index contributed by atoms with van der Waals surface area (Å²) in [6.45, 7) is 7.55. The van der Waals surface area contributed by atoms with Crippen molar-refractivity contribution < 1.29 is 14.3 Å². The first-order valence-corrected chi connectivity index (χ1v) is 10.5. The minimum atomic E-state index is -1.18. The molecule has 0 saturated carbocycles. The van der Waals surface area contributed by atoms with Crippen molar-refractivity contribution in [3.63, 3.8) is 0 Å². The first kappa shape index (κ1) is 21.2. The van der Waals surface area contributed by atoms with Gasteiger partial charge in [0.1, 0.15) is 10.7 Å². The molecule has 8 heteroatoms. The van der Waals surface area contributed by atoms with Crippen molar-refractivity contribution in [2.45, 2.75) is 38.8 Å². The van der Waals surface area contributed by atoms with E-state index in [0.717, 1.165) is 16.9 Å². The van der Waals surface area contributed by atoms with Crippen LogP contribution in [0.3, 0.4) is 0 Å². The van der Waals surface area contributed by atoms with Crippen LogP contribution >= 0.6 is 23.4 Å². The van der Waals surface area contributed by atoms with Gasteiger partial charge in [-0.3, -0.25) is 4.79 Å². The standard InChI is InChI=1S/C21H21ClN2O4S/c1-5-29-21-11(3)18(25)14-9-10(2)8-13(19(14)28-21)12(4)23-15-6-7-16(22)24-17(15)20(26)27/h6-9,12,23H,5H2,1-4H3,(H,26,27). The van der Waals surface area contributed by atoms with E-state index in [-0.39, 0.29) is 22.3 Å². The molecule has 0 radical (unpaired) electrons. The van der Waals surface area contributed by atoms with Gasteiger partial charge in [0.2, 0.25) is 0 Å². The number of halogens is 1. The number of nitrogens with one attached hydrogen (secondary N) is 1. The van der Waals surface area contributed by atoms with E-state index < -0.39 is 5.97 Å². The van der Waals surface area contributed by atoms with E-state index in [9.17, 15) is 14.7 Å². The van der Waals surface area contributed by atoms with E-state index in [1.165, 1.54) is 17.8 Å². The predicted octanol–water partition coefficient (Wildman–Crippen LogP) is 5.44. The molecule has 2 N–H and O–H groups in total. The number of rotatable bonds is 6. The highest BCUT2D eigenvalue weighted by atomic mass is 35.5. The molecule has 6 nitrogen and oxygen atoms in total. The second-order valence-corrected chi connectivity index (χ2v) is 8.33. The third-order valence-corrected chi connectivity index (χ3v) is 5.68. The van der Waals surface area contributed by atoms with Crippen molar-refractivity contribution >= 4 is 46.0 Å². The molecule has 0 aliphatic heterocycles. The fourth-order valence-electron chi connectivity index (χ4n) is 3.16. The lowest BCUT2D eigenvalue weighted by molar-refractivity contribution is 0.0691. The summed E-state index contributed by atoms with van der Waals surface area (Å²) in [5, 5.41) is 13.8. The summed E-state index contributed by atoms with van der Waals surface area (Å²) in [5.74, 6) is -0.400. The van der Waals surface area contributed by atoms with Crippen molar-refractivity contribution in [2.75, 3.05) is 11.1 Å². The Bertz CT molecular complexity index is 1160. The largest absolute Gasteiger partial charge is 0.476 e. The summed E-state index contributed by atoms with van der Waals surface area (Å²) < 4.78 is 6.13. The molecule has 1 unspecified atom stereocenters. The molecule has 1 aromatic carbocycles. The van der Waals surface area contributed by atoms with E-state index in [2.05, 4.69) is 10.3 Å². The summed E-state index contributed by atoms with van der Waals surface area (Å²) in [4.78, 5) is 28.3. The molecule has 0 fully saturated rings. The van der Waals surface area contributed by atoms with Crippen LogP contribution in [0.2, 0.25) is 5.15 Å². The number of aromatic nitrogens is 1. The van der Waals surface area contributed by atoms with E-state index in [0.29, 0.717) is 27.3 Å². The van der Waals surface area contributed by atoms with Crippen molar-refractivity contribution in [2.24, 2.45) is 0 Å². The van der Waals surface area contributed by atoms with Crippen LogP contribution in [0.15, 0.2) is 38.6 Å². The number of hydrogen-bond acceptors (Lipinski definition) is 6. The minimum Gasteiger partial charge on any atom is -0.476 e. The van der Waals surface area contributed by atoms with Crippen molar-refractivity contribution in [3.05, 3.63) is 62.0 Å². The fraction of sp³-hybridized carbons (Fsp3) is 0.286. The van der Waals surface area contributed by atoms with Gasteiger partial charge >= 0.3 is 5.97 Å².